The number of hydroxylamine groups is 1. The predicted molar refractivity (Wildman–Crippen MR) is 84.5 cm³/mol. The van der Waals surface area contributed by atoms with Gasteiger partial charge in [-0.1, -0.05) is 30.3 Å². The Labute approximate surface area is 130 Å². The van der Waals surface area contributed by atoms with Gasteiger partial charge in [-0.05, 0) is 31.4 Å². The maximum absolute atomic E-state index is 12.1. The molecule has 1 aromatic carbocycles. The number of likely N-dealkylation sites (tertiary alicyclic amines) is 1. The van der Waals surface area contributed by atoms with Crippen LogP contribution in [-0.4, -0.2) is 36.4 Å². The molecular formula is C17H22N2O3. The fourth-order valence-corrected chi connectivity index (χ4v) is 2.43. The summed E-state index contributed by atoms with van der Waals surface area (Å²) in [6.45, 7) is 3.47. The van der Waals surface area contributed by atoms with Crippen molar-refractivity contribution in [2.75, 3.05) is 19.7 Å². The number of piperidine rings is 1. The van der Waals surface area contributed by atoms with E-state index in [9.17, 15) is 9.59 Å². The summed E-state index contributed by atoms with van der Waals surface area (Å²) < 4.78 is 0. The van der Waals surface area contributed by atoms with Crippen LogP contribution in [0.15, 0.2) is 36.4 Å². The van der Waals surface area contributed by atoms with Crippen LogP contribution in [0.3, 0.4) is 0 Å². The van der Waals surface area contributed by atoms with Crippen molar-refractivity contribution >= 4 is 17.9 Å². The van der Waals surface area contributed by atoms with Gasteiger partial charge in [0.2, 0.25) is 11.8 Å². The van der Waals surface area contributed by atoms with Crippen LogP contribution < -0.4 is 5.48 Å². The molecule has 1 N–H and O–H groups in total. The predicted octanol–water partition coefficient (Wildman–Crippen LogP) is 2.01. The molecule has 0 aromatic heterocycles. The Morgan fingerprint density at radius 1 is 1.27 bits per heavy atom. The van der Waals surface area contributed by atoms with E-state index in [2.05, 4.69) is 5.48 Å². The zero-order chi connectivity index (χ0) is 15.8. The summed E-state index contributed by atoms with van der Waals surface area (Å²) in [6.07, 6.45) is 4.75. The van der Waals surface area contributed by atoms with Crippen molar-refractivity contribution < 1.29 is 14.4 Å². The van der Waals surface area contributed by atoms with Gasteiger partial charge in [0.25, 0.3) is 0 Å². The summed E-state index contributed by atoms with van der Waals surface area (Å²) in [6, 6.07) is 9.72. The fourth-order valence-electron chi connectivity index (χ4n) is 2.43. The van der Waals surface area contributed by atoms with E-state index < -0.39 is 0 Å². The van der Waals surface area contributed by atoms with Gasteiger partial charge in [-0.15, -0.1) is 0 Å². The average molecular weight is 302 g/mol. The Hall–Kier alpha value is -2.14. The number of nitrogens with zero attached hydrogens (tertiary/aromatic N) is 1. The highest BCUT2D eigenvalue weighted by molar-refractivity contribution is 5.92. The molecule has 118 valence electrons. The minimum atomic E-state index is -0.0891. The molecule has 1 fully saturated rings. The number of rotatable bonds is 5. The highest BCUT2D eigenvalue weighted by atomic mass is 16.6. The van der Waals surface area contributed by atoms with Crippen LogP contribution in [0.2, 0.25) is 0 Å². The van der Waals surface area contributed by atoms with Crippen molar-refractivity contribution in [3.8, 4) is 0 Å². The lowest BCUT2D eigenvalue weighted by Crippen LogP contribution is -2.42. The third-order valence-electron chi connectivity index (χ3n) is 3.71. The number of benzene rings is 1. The van der Waals surface area contributed by atoms with Crippen molar-refractivity contribution in [2.45, 2.75) is 19.8 Å². The van der Waals surface area contributed by atoms with Gasteiger partial charge < -0.3 is 4.90 Å². The van der Waals surface area contributed by atoms with Crippen LogP contribution in [-0.2, 0) is 14.4 Å². The Morgan fingerprint density at radius 3 is 2.59 bits per heavy atom. The summed E-state index contributed by atoms with van der Waals surface area (Å²) >= 11 is 0. The molecule has 0 unspecified atom stereocenters. The molecule has 1 saturated heterocycles. The molecule has 0 spiro atoms. The third-order valence-corrected chi connectivity index (χ3v) is 3.71. The van der Waals surface area contributed by atoms with Crippen molar-refractivity contribution in [3.63, 3.8) is 0 Å². The zero-order valence-electron chi connectivity index (χ0n) is 12.8. The second kappa shape index (κ2) is 8.34. The first-order valence-corrected chi connectivity index (χ1v) is 7.64. The van der Waals surface area contributed by atoms with Gasteiger partial charge in [0.1, 0.15) is 0 Å². The largest absolute Gasteiger partial charge is 0.339 e. The molecule has 0 bridgehead atoms. The van der Waals surface area contributed by atoms with Gasteiger partial charge in [0, 0.05) is 25.1 Å². The first-order chi connectivity index (χ1) is 10.7. The Morgan fingerprint density at radius 2 is 1.95 bits per heavy atom. The number of hydrogen-bond donors (Lipinski definition) is 1. The van der Waals surface area contributed by atoms with Gasteiger partial charge in [-0.25, -0.2) is 5.48 Å². The van der Waals surface area contributed by atoms with Gasteiger partial charge in [0.15, 0.2) is 0 Å². The molecule has 2 amide bonds. The van der Waals surface area contributed by atoms with Gasteiger partial charge in [0.05, 0.1) is 6.61 Å². The van der Waals surface area contributed by atoms with Crippen molar-refractivity contribution in [3.05, 3.63) is 42.0 Å². The topological polar surface area (TPSA) is 58.6 Å². The first kappa shape index (κ1) is 16.2. The Balaban J connectivity index is 1.80. The normalized spacial score (nSPS) is 16.0. The minimum absolute atomic E-state index is 0.00693. The standard InChI is InChI=1S/C17H22N2O3/c1-2-22-18-17(21)15-10-12-19(13-11-15)16(20)9-8-14-6-4-3-5-7-14/h3-9,15H,2,10-13H2,1H3,(H,18,21)/b9-8+. The van der Waals surface area contributed by atoms with Gasteiger partial charge in [-0.2, -0.15) is 0 Å². The fraction of sp³-hybridized carbons (Fsp3) is 0.412. The van der Waals surface area contributed by atoms with Crippen LogP contribution in [0.4, 0.5) is 0 Å². The maximum Gasteiger partial charge on any atom is 0.246 e. The van der Waals surface area contributed by atoms with Crippen LogP contribution in [0.25, 0.3) is 6.08 Å². The number of hydrogen-bond acceptors (Lipinski definition) is 3. The van der Waals surface area contributed by atoms with Crippen molar-refractivity contribution in [2.24, 2.45) is 5.92 Å². The Bertz CT molecular complexity index is 520. The first-order valence-electron chi connectivity index (χ1n) is 7.64. The third kappa shape index (κ3) is 4.70. The van der Waals surface area contributed by atoms with E-state index in [4.69, 9.17) is 4.84 Å². The highest BCUT2D eigenvalue weighted by Gasteiger charge is 2.26. The lowest BCUT2D eigenvalue weighted by atomic mass is 9.96. The van der Waals surface area contributed by atoms with E-state index in [0.29, 0.717) is 32.5 Å². The zero-order valence-corrected chi connectivity index (χ0v) is 12.8. The molecule has 0 saturated carbocycles. The quantitative estimate of drug-likeness (QED) is 0.668. The van der Waals surface area contributed by atoms with Gasteiger partial charge >= 0.3 is 0 Å². The summed E-state index contributed by atoms with van der Waals surface area (Å²) in [5.41, 5.74) is 3.44. The molecule has 1 heterocycles. The number of amides is 2. The molecule has 1 aromatic rings. The molecule has 22 heavy (non-hydrogen) atoms. The molecule has 2 rings (SSSR count). The summed E-state index contributed by atoms with van der Waals surface area (Å²) in [5.74, 6) is -0.171. The van der Waals surface area contributed by atoms with Crippen LogP contribution >= 0.6 is 0 Å². The van der Waals surface area contributed by atoms with Crippen molar-refractivity contribution in [1.82, 2.24) is 10.4 Å². The summed E-state index contributed by atoms with van der Waals surface area (Å²) in [7, 11) is 0. The highest BCUT2D eigenvalue weighted by Crippen LogP contribution is 2.17. The molecule has 1 aliphatic heterocycles. The second-order valence-electron chi connectivity index (χ2n) is 5.24. The number of carbonyl (C=O) groups excluding carboxylic acids is 2. The monoisotopic (exact) mass is 302 g/mol. The van der Waals surface area contributed by atoms with Gasteiger partial charge in [-0.3, -0.25) is 14.4 Å². The van der Waals surface area contributed by atoms with E-state index in [1.165, 1.54) is 0 Å². The van der Waals surface area contributed by atoms with E-state index in [1.807, 2.05) is 43.3 Å². The van der Waals surface area contributed by atoms with E-state index in [1.54, 1.807) is 11.0 Å². The maximum atomic E-state index is 12.1. The smallest absolute Gasteiger partial charge is 0.246 e. The van der Waals surface area contributed by atoms with E-state index in [0.717, 1.165) is 5.56 Å². The number of nitrogens with one attached hydrogen (secondary N) is 1. The second-order valence-corrected chi connectivity index (χ2v) is 5.24. The SMILES string of the molecule is CCONC(=O)C1CCN(C(=O)/C=C/c2ccccc2)CC1. The molecule has 5 nitrogen and oxygen atoms in total. The molecule has 1 aliphatic rings. The van der Waals surface area contributed by atoms with Crippen LogP contribution in [0.5, 0.6) is 0 Å². The molecule has 0 radical (unpaired) electrons. The lowest BCUT2D eigenvalue weighted by molar-refractivity contribution is -0.140. The summed E-state index contributed by atoms with van der Waals surface area (Å²) in [5, 5.41) is 0. The molecule has 0 aliphatic carbocycles. The average Bonchev–Trinajstić information content (AvgIpc) is 2.58. The summed E-state index contributed by atoms with van der Waals surface area (Å²) in [4.78, 5) is 30.6. The molecule has 5 heteroatoms. The van der Waals surface area contributed by atoms with Crippen LogP contribution in [0.1, 0.15) is 25.3 Å². The Kier molecular flexibility index (Phi) is 6.15. The van der Waals surface area contributed by atoms with E-state index in [-0.39, 0.29) is 17.7 Å². The van der Waals surface area contributed by atoms with Crippen LogP contribution in [0, 0.1) is 5.92 Å². The molecular weight excluding hydrogens is 280 g/mol. The lowest BCUT2D eigenvalue weighted by Gasteiger charge is -2.30. The van der Waals surface area contributed by atoms with Crippen molar-refractivity contribution in [1.29, 1.82) is 0 Å². The van der Waals surface area contributed by atoms with E-state index >= 15 is 0 Å². The number of carbonyl (C=O) groups is 2. The molecule has 0 atom stereocenters. The minimum Gasteiger partial charge on any atom is -0.339 e.